The number of nitrogens with zero attached hydrogens (tertiary/aromatic N) is 2. The molecular formula is C24H25N3O4S. The van der Waals surface area contributed by atoms with Gasteiger partial charge in [0.25, 0.3) is 5.91 Å². The van der Waals surface area contributed by atoms with Crippen molar-refractivity contribution in [3.63, 3.8) is 0 Å². The fraction of sp³-hybridized carbons (Fsp3) is 0.250. The average molecular weight is 452 g/mol. The molecule has 32 heavy (non-hydrogen) atoms. The Bertz CT molecular complexity index is 1180. The number of methoxy groups -OCH3 is 2. The lowest BCUT2D eigenvalue weighted by molar-refractivity contribution is 0.0948. The predicted octanol–water partition coefficient (Wildman–Crippen LogP) is 4.94. The van der Waals surface area contributed by atoms with Crippen molar-refractivity contribution in [2.45, 2.75) is 13.3 Å². The Labute approximate surface area is 190 Å². The van der Waals surface area contributed by atoms with E-state index < -0.39 is 0 Å². The van der Waals surface area contributed by atoms with Crippen molar-refractivity contribution in [2.75, 3.05) is 27.4 Å². The van der Waals surface area contributed by atoms with Crippen LogP contribution in [0.2, 0.25) is 0 Å². The lowest BCUT2D eigenvalue weighted by atomic mass is 10.2. The molecule has 0 spiro atoms. The van der Waals surface area contributed by atoms with Gasteiger partial charge in [0, 0.05) is 43.0 Å². The predicted molar refractivity (Wildman–Crippen MR) is 125 cm³/mol. The van der Waals surface area contributed by atoms with Crippen LogP contribution in [0.15, 0.2) is 58.5 Å². The minimum Gasteiger partial charge on any atom is -0.497 e. The van der Waals surface area contributed by atoms with E-state index in [4.69, 9.17) is 18.9 Å². The third kappa shape index (κ3) is 4.46. The number of furan rings is 1. The van der Waals surface area contributed by atoms with E-state index in [-0.39, 0.29) is 5.91 Å². The zero-order chi connectivity index (χ0) is 22.5. The number of hydrogen-bond donors (Lipinski definition) is 1. The summed E-state index contributed by atoms with van der Waals surface area (Å²) in [6.45, 7) is 3.06. The molecule has 8 heteroatoms. The van der Waals surface area contributed by atoms with Gasteiger partial charge in [-0.15, -0.1) is 11.3 Å². The Hall–Kier alpha value is -3.36. The Morgan fingerprint density at radius 3 is 2.72 bits per heavy atom. The first-order chi connectivity index (χ1) is 15.6. The maximum absolute atomic E-state index is 12.9. The molecule has 1 aromatic carbocycles. The fourth-order valence-electron chi connectivity index (χ4n) is 3.48. The van der Waals surface area contributed by atoms with Gasteiger partial charge in [-0.2, -0.15) is 0 Å². The summed E-state index contributed by atoms with van der Waals surface area (Å²) in [6.07, 6.45) is 2.37. The van der Waals surface area contributed by atoms with E-state index in [1.165, 1.54) is 0 Å². The lowest BCUT2D eigenvalue weighted by Crippen LogP contribution is -2.25. The highest BCUT2D eigenvalue weighted by Gasteiger charge is 2.22. The number of thiazole rings is 1. The summed E-state index contributed by atoms with van der Waals surface area (Å²) in [6, 6.07) is 13.4. The van der Waals surface area contributed by atoms with Crippen LogP contribution in [-0.4, -0.2) is 42.8 Å². The quantitative estimate of drug-likeness (QED) is 0.365. The van der Waals surface area contributed by atoms with Crippen LogP contribution in [0.1, 0.15) is 22.5 Å². The third-order valence-electron chi connectivity index (χ3n) is 5.13. The maximum atomic E-state index is 12.9. The van der Waals surface area contributed by atoms with Crippen molar-refractivity contribution in [3.05, 3.63) is 65.4 Å². The molecular weight excluding hydrogens is 426 g/mol. The summed E-state index contributed by atoms with van der Waals surface area (Å²) in [5, 5.41) is 5.84. The van der Waals surface area contributed by atoms with Gasteiger partial charge in [-0.05, 0) is 49.7 Å². The minimum absolute atomic E-state index is 0.129. The molecule has 4 aromatic rings. The molecule has 7 nitrogen and oxygen atoms in total. The van der Waals surface area contributed by atoms with E-state index >= 15 is 0 Å². The van der Waals surface area contributed by atoms with Gasteiger partial charge in [-0.1, -0.05) is 0 Å². The van der Waals surface area contributed by atoms with E-state index in [9.17, 15) is 4.79 Å². The van der Waals surface area contributed by atoms with E-state index in [0.717, 1.165) is 39.8 Å². The topological polar surface area (TPSA) is 78.5 Å². The van der Waals surface area contributed by atoms with Crippen molar-refractivity contribution in [3.8, 4) is 33.6 Å². The second-order valence-corrected chi connectivity index (χ2v) is 8.04. The molecule has 0 aliphatic heterocycles. The standard InChI is InChI=1S/C24H25N3O4S/c1-16-19(23(28)25-11-5-12-29-2)14-21(27(16)22-6-4-13-31-22)20-15-32-24(26-20)17-7-9-18(30-3)10-8-17/h4,6-10,13-15H,5,11-12H2,1-3H3,(H,25,28). The summed E-state index contributed by atoms with van der Waals surface area (Å²) >= 11 is 1.55. The number of carbonyl (C=O) groups excluding carboxylic acids is 1. The molecule has 3 aromatic heterocycles. The van der Waals surface area contributed by atoms with Crippen LogP contribution in [0.25, 0.3) is 27.8 Å². The van der Waals surface area contributed by atoms with Gasteiger partial charge < -0.3 is 19.2 Å². The molecule has 0 unspecified atom stereocenters. The van der Waals surface area contributed by atoms with E-state index in [1.807, 2.05) is 59.3 Å². The monoisotopic (exact) mass is 451 g/mol. The van der Waals surface area contributed by atoms with Crippen LogP contribution in [0.4, 0.5) is 0 Å². The van der Waals surface area contributed by atoms with Gasteiger partial charge in [-0.3, -0.25) is 9.36 Å². The molecule has 166 valence electrons. The molecule has 4 rings (SSSR count). The summed E-state index contributed by atoms with van der Waals surface area (Å²) < 4.78 is 17.9. The van der Waals surface area contributed by atoms with Crippen molar-refractivity contribution < 1.29 is 18.7 Å². The maximum Gasteiger partial charge on any atom is 0.253 e. The highest BCUT2D eigenvalue weighted by molar-refractivity contribution is 7.13. The molecule has 1 amide bonds. The summed E-state index contributed by atoms with van der Waals surface area (Å²) in [4.78, 5) is 17.7. The van der Waals surface area contributed by atoms with Crippen LogP contribution in [-0.2, 0) is 4.74 Å². The zero-order valence-corrected chi connectivity index (χ0v) is 19.1. The molecule has 1 N–H and O–H groups in total. The Morgan fingerprint density at radius 1 is 1.22 bits per heavy atom. The summed E-state index contributed by atoms with van der Waals surface area (Å²) in [5.41, 5.74) is 3.96. The molecule has 0 saturated carbocycles. The van der Waals surface area contributed by atoms with Crippen molar-refractivity contribution in [1.29, 1.82) is 0 Å². The number of carbonyl (C=O) groups is 1. The summed E-state index contributed by atoms with van der Waals surface area (Å²) in [7, 11) is 3.29. The van der Waals surface area contributed by atoms with Gasteiger partial charge in [0.2, 0.25) is 5.88 Å². The molecule has 0 fully saturated rings. The molecule has 0 radical (unpaired) electrons. The van der Waals surface area contributed by atoms with Gasteiger partial charge >= 0.3 is 0 Å². The van der Waals surface area contributed by atoms with E-state index in [0.29, 0.717) is 24.6 Å². The summed E-state index contributed by atoms with van der Waals surface area (Å²) in [5.74, 6) is 1.31. The van der Waals surface area contributed by atoms with Crippen molar-refractivity contribution >= 4 is 17.2 Å². The van der Waals surface area contributed by atoms with Crippen LogP contribution < -0.4 is 10.1 Å². The van der Waals surface area contributed by atoms with Crippen LogP contribution in [0, 0.1) is 6.92 Å². The van der Waals surface area contributed by atoms with Crippen LogP contribution in [0.3, 0.4) is 0 Å². The lowest BCUT2D eigenvalue weighted by Gasteiger charge is -2.08. The minimum atomic E-state index is -0.129. The number of benzene rings is 1. The Kier molecular flexibility index (Phi) is 6.72. The molecule has 3 heterocycles. The third-order valence-corrected chi connectivity index (χ3v) is 6.02. The molecule has 0 saturated heterocycles. The number of nitrogens with one attached hydrogen (secondary N) is 1. The number of hydrogen-bond acceptors (Lipinski definition) is 6. The second-order valence-electron chi connectivity index (χ2n) is 7.18. The van der Waals surface area contributed by atoms with Gasteiger partial charge in [0.05, 0.1) is 30.3 Å². The Balaban J connectivity index is 1.68. The van der Waals surface area contributed by atoms with Crippen molar-refractivity contribution in [2.24, 2.45) is 0 Å². The van der Waals surface area contributed by atoms with Crippen molar-refractivity contribution in [1.82, 2.24) is 14.9 Å². The normalized spacial score (nSPS) is 11.0. The van der Waals surface area contributed by atoms with Gasteiger partial charge in [-0.25, -0.2) is 4.98 Å². The highest BCUT2D eigenvalue weighted by Crippen LogP contribution is 2.34. The molecule has 0 aliphatic rings. The first-order valence-electron chi connectivity index (χ1n) is 10.3. The number of amides is 1. The largest absolute Gasteiger partial charge is 0.497 e. The fourth-order valence-corrected chi connectivity index (χ4v) is 4.30. The number of aromatic nitrogens is 2. The first-order valence-corrected chi connectivity index (χ1v) is 11.1. The van der Waals surface area contributed by atoms with Gasteiger partial charge in [0.1, 0.15) is 10.8 Å². The molecule has 0 atom stereocenters. The van der Waals surface area contributed by atoms with Gasteiger partial charge in [0.15, 0.2) is 0 Å². The second kappa shape index (κ2) is 9.84. The SMILES string of the molecule is COCCCNC(=O)c1cc(-c2csc(-c3ccc(OC)cc3)n2)n(-c2ccco2)c1C. The van der Waals surface area contributed by atoms with Crippen LogP contribution in [0.5, 0.6) is 5.75 Å². The highest BCUT2D eigenvalue weighted by atomic mass is 32.1. The van der Waals surface area contributed by atoms with Crippen LogP contribution >= 0.6 is 11.3 Å². The molecule has 0 bridgehead atoms. The average Bonchev–Trinajstić information content (AvgIpc) is 3.56. The number of ether oxygens (including phenoxy) is 2. The zero-order valence-electron chi connectivity index (χ0n) is 18.3. The van der Waals surface area contributed by atoms with E-state index in [2.05, 4.69) is 5.32 Å². The number of rotatable bonds is 9. The smallest absolute Gasteiger partial charge is 0.253 e. The molecule has 0 aliphatic carbocycles. The first kappa shape index (κ1) is 21.9. The van der Waals surface area contributed by atoms with E-state index in [1.54, 1.807) is 31.8 Å². The Morgan fingerprint density at radius 2 is 2.03 bits per heavy atom.